The number of nitrogens with one attached hydrogen (secondary N) is 2. The number of nitrogens with zero attached hydrogens (tertiary/aromatic N) is 2. The number of halogens is 2. The topological polar surface area (TPSA) is 49.8 Å². The van der Waals surface area contributed by atoms with Gasteiger partial charge in [-0.1, -0.05) is 22.9 Å². The number of aromatic nitrogens is 2. The predicted molar refractivity (Wildman–Crippen MR) is 78.3 cm³/mol. The van der Waals surface area contributed by atoms with Crippen LogP contribution in [0, 0.1) is 5.82 Å². The van der Waals surface area contributed by atoms with E-state index < -0.39 is 0 Å². The molecule has 0 fully saturated rings. The molecule has 6 heteroatoms. The monoisotopic (exact) mass is 324 g/mol. The lowest BCUT2D eigenvalue weighted by molar-refractivity contribution is 0.631. The van der Waals surface area contributed by atoms with Gasteiger partial charge in [0, 0.05) is 24.0 Å². The zero-order valence-corrected chi connectivity index (χ0v) is 12.3. The second-order valence-corrected chi connectivity index (χ2v) is 4.82. The second kappa shape index (κ2) is 5.97. The maximum atomic E-state index is 13.7. The minimum Gasteiger partial charge on any atom is -0.373 e. The first-order valence-corrected chi connectivity index (χ1v) is 6.69. The van der Waals surface area contributed by atoms with Crippen LogP contribution in [0.2, 0.25) is 0 Å². The summed E-state index contributed by atoms with van der Waals surface area (Å²) >= 11 is 3.31. The zero-order chi connectivity index (χ0) is 13.8. The molecular formula is C13H14BrFN4. The summed E-state index contributed by atoms with van der Waals surface area (Å²) in [5, 5.41) is 5.93. The predicted octanol–water partition coefficient (Wildman–Crippen LogP) is 3.73. The Kier molecular flexibility index (Phi) is 4.31. The van der Waals surface area contributed by atoms with Crippen molar-refractivity contribution < 1.29 is 4.39 Å². The summed E-state index contributed by atoms with van der Waals surface area (Å²) < 4.78 is 14.5. The summed E-state index contributed by atoms with van der Waals surface area (Å²) in [6, 6.07) is 6.45. The van der Waals surface area contributed by atoms with E-state index in [2.05, 4.69) is 36.5 Å². The van der Waals surface area contributed by atoms with Crippen molar-refractivity contribution in [3.05, 3.63) is 40.4 Å². The fourth-order valence-corrected chi connectivity index (χ4v) is 1.94. The third kappa shape index (κ3) is 3.41. The molecule has 0 saturated carbocycles. The summed E-state index contributed by atoms with van der Waals surface area (Å²) in [5.74, 6) is 1.63. The van der Waals surface area contributed by atoms with Gasteiger partial charge in [0.1, 0.15) is 23.3 Å². The maximum absolute atomic E-state index is 13.7. The Morgan fingerprint density at radius 1 is 1.21 bits per heavy atom. The lowest BCUT2D eigenvalue weighted by Gasteiger charge is -2.10. The van der Waals surface area contributed by atoms with Crippen molar-refractivity contribution in [2.24, 2.45) is 0 Å². The minimum atomic E-state index is -0.328. The van der Waals surface area contributed by atoms with Gasteiger partial charge >= 0.3 is 0 Å². The molecule has 2 N–H and O–H groups in total. The molecule has 1 aromatic carbocycles. The summed E-state index contributed by atoms with van der Waals surface area (Å²) in [4.78, 5) is 8.61. The van der Waals surface area contributed by atoms with Gasteiger partial charge in [-0.2, -0.15) is 0 Å². The molecule has 0 saturated heterocycles. The van der Waals surface area contributed by atoms with E-state index in [-0.39, 0.29) is 5.82 Å². The van der Waals surface area contributed by atoms with Gasteiger partial charge in [-0.25, -0.2) is 14.4 Å². The highest BCUT2D eigenvalue weighted by molar-refractivity contribution is 9.10. The number of rotatable bonds is 4. The fourth-order valence-electron chi connectivity index (χ4n) is 1.58. The molecule has 0 spiro atoms. The van der Waals surface area contributed by atoms with Crippen molar-refractivity contribution in [3.63, 3.8) is 0 Å². The normalized spacial score (nSPS) is 10.3. The number of anilines is 3. The van der Waals surface area contributed by atoms with Gasteiger partial charge in [-0.05, 0) is 18.2 Å². The van der Waals surface area contributed by atoms with Crippen LogP contribution >= 0.6 is 15.9 Å². The van der Waals surface area contributed by atoms with E-state index in [1.165, 1.54) is 6.07 Å². The lowest BCUT2D eigenvalue weighted by atomic mass is 10.3. The third-order valence-electron chi connectivity index (χ3n) is 2.54. The minimum absolute atomic E-state index is 0.328. The van der Waals surface area contributed by atoms with E-state index in [0.717, 1.165) is 4.47 Å². The molecule has 0 aliphatic rings. The fraction of sp³-hybridized carbons (Fsp3) is 0.231. The molecular weight excluding hydrogens is 311 g/mol. The number of hydrogen-bond donors (Lipinski definition) is 2. The smallest absolute Gasteiger partial charge is 0.146 e. The van der Waals surface area contributed by atoms with E-state index in [1.54, 1.807) is 25.2 Å². The average Bonchev–Trinajstić information content (AvgIpc) is 2.42. The van der Waals surface area contributed by atoms with Crippen molar-refractivity contribution in [1.82, 2.24) is 9.97 Å². The molecule has 4 nitrogen and oxygen atoms in total. The Morgan fingerprint density at radius 3 is 2.63 bits per heavy atom. The van der Waals surface area contributed by atoms with Crippen LogP contribution in [-0.4, -0.2) is 17.0 Å². The van der Waals surface area contributed by atoms with E-state index in [9.17, 15) is 4.39 Å². The largest absolute Gasteiger partial charge is 0.373 e. The Labute approximate surface area is 119 Å². The van der Waals surface area contributed by atoms with Crippen molar-refractivity contribution in [1.29, 1.82) is 0 Å². The van der Waals surface area contributed by atoms with Gasteiger partial charge in [-0.15, -0.1) is 0 Å². The summed E-state index contributed by atoms with van der Waals surface area (Å²) in [6.45, 7) is 1.97. The molecule has 19 heavy (non-hydrogen) atoms. The summed E-state index contributed by atoms with van der Waals surface area (Å²) in [6.07, 6.45) is 0.713. The van der Waals surface area contributed by atoms with Crippen LogP contribution in [0.4, 0.5) is 21.7 Å². The zero-order valence-electron chi connectivity index (χ0n) is 10.7. The van der Waals surface area contributed by atoms with Crippen LogP contribution in [0.25, 0.3) is 0 Å². The molecule has 0 unspecified atom stereocenters. The van der Waals surface area contributed by atoms with Crippen molar-refractivity contribution in [2.75, 3.05) is 17.7 Å². The van der Waals surface area contributed by atoms with Gasteiger partial charge in [-0.3, -0.25) is 0 Å². The second-order valence-electron chi connectivity index (χ2n) is 3.91. The number of aryl methyl sites for hydroxylation is 1. The van der Waals surface area contributed by atoms with E-state index >= 15 is 0 Å². The molecule has 0 aliphatic carbocycles. The van der Waals surface area contributed by atoms with Crippen molar-refractivity contribution in [2.45, 2.75) is 13.3 Å². The van der Waals surface area contributed by atoms with Crippen LogP contribution in [0.5, 0.6) is 0 Å². The van der Waals surface area contributed by atoms with E-state index in [0.29, 0.717) is 29.6 Å². The SMILES string of the molecule is CCc1nc(NC)cc(Nc2cc(Br)ccc2F)n1. The average molecular weight is 325 g/mol. The molecule has 0 amide bonds. The van der Waals surface area contributed by atoms with Crippen LogP contribution < -0.4 is 10.6 Å². The lowest BCUT2D eigenvalue weighted by Crippen LogP contribution is -2.04. The molecule has 0 aliphatic heterocycles. The van der Waals surface area contributed by atoms with Gasteiger partial charge < -0.3 is 10.6 Å². The van der Waals surface area contributed by atoms with Crippen LogP contribution in [0.15, 0.2) is 28.7 Å². The Bertz CT molecular complexity index is 567. The third-order valence-corrected chi connectivity index (χ3v) is 3.03. The first-order chi connectivity index (χ1) is 9.12. The number of benzene rings is 1. The molecule has 2 aromatic rings. The number of hydrogen-bond acceptors (Lipinski definition) is 4. The van der Waals surface area contributed by atoms with Gasteiger partial charge in [0.05, 0.1) is 5.69 Å². The quantitative estimate of drug-likeness (QED) is 0.899. The van der Waals surface area contributed by atoms with Gasteiger partial charge in [0.15, 0.2) is 0 Å². The molecule has 0 bridgehead atoms. The highest BCUT2D eigenvalue weighted by Gasteiger charge is 2.07. The summed E-state index contributed by atoms with van der Waals surface area (Å²) in [7, 11) is 1.78. The van der Waals surface area contributed by atoms with Crippen LogP contribution in [0.3, 0.4) is 0 Å². The Morgan fingerprint density at radius 2 is 1.95 bits per heavy atom. The first-order valence-electron chi connectivity index (χ1n) is 5.90. The molecule has 1 heterocycles. The molecule has 100 valence electrons. The Hall–Kier alpha value is -1.69. The van der Waals surface area contributed by atoms with Gasteiger partial charge in [0.2, 0.25) is 0 Å². The standard InChI is InChI=1S/C13H14BrFN4/c1-3-11-18-12(16-2)7-13(19-11)17-10-6-8(14)4-5-9(10)15/h4-7H,3H2,1-2H3,(H2,16,17,18,19). The highest BCUT2D eigenvalue weighted by Crippen LogP contribution is 2.24. The maximum Gasteiger partial charge on any atom is 0.146 e. The van der Waals surface area contributed by atoms with Crippen molar-refractivity contribution in [3.8, 4) is 0 Å². The summed E-state index contributed by atoms with van der Waals surface area (Å²) in [5.41, 5.74) is 0.372. The van der Waals surface area contributed by atoms with Crippen molar-refractivity contribution >= 4 is 33.3 Å². The first kappa shape index (κ1) is 13.7. The van der Waals surface area contributed by atoms with Crippen LogP contribution in [-0.2, 0) is 6.42 Å². The molecule has 1 aromatic heterocycles. The van der Waals surface area contributed by atoms with E-state index in [4.69, 9.17) is 0 Å². The molecule has 0 radical (unpaired) electrons. The van der Waals surface area contributed by atoms with E-state index in [1.807, 2.05) is 6.92 Å². The van der Waals surface area contributed by atoms with Crippen LogP contribution in [0.1, 0.15) is 12.7 Å². The molecule has 0 atom stereocenters. The Balaban J connectivity index is 2.34. The molecule has 2 rings (SSSR count). The van der Waals surface area contributed by atoms with Gasteiger partial charge in [0.25, 0.3) is 0 Å². The highest BCUT2D eigenvalue weighted by atomic mass is 79.9.